The summed E-state index contributed by atoms with van der Waals surface area (Å²) in [5.74, 6) is 0.869. The molecule has 1 unspecified atom stereocenters. The lowest BCUT2D eigenvalue weighted by Gasteiger charge is -2.37. The van der Waals surface area contributed by atoms with Crippen molar-refractivity contribution in [3.05, 3.63) is 29.8 Å². The molecule has 2 rings (SSSR count). The summed E-state index contributed by atoms with van der Waals surface area (Å²) >= 11 is 0. The molecule has 0 spiro atoms. The topological polar surface area (TPSA) is 49.9 Å². The lowest BCUT2D eigenvalue weighted by molar-refractivity contribution is -0.137. The van der Waals surface area contributed by atoms with Crippen LogP contribution in [0.15, 0.2) is 24.3 Å². The maximum atomic E-state index is 12.5. The molecule has 1 aromatic carbocycles. The minimum absolute atomic E-state index is 0.0555. The number of piperidine rings is 1. The molecule has 22 heavy (non-hydrogen) atoms. The number of likely N-dealkylation sites (tertiary alicyclic amines) is 1. The summed E-state index contributed by atoms with van der Waals surface area (Å²) in [5.41, 5.74) is 0.890. The van der Waals surface area contributed by atoms with Crippen LogP contribution < -0.4 is 4.74 Å². The van der Waals surface area contributed by atoms with Gasteiger partial charge in [-0.05, 0) is 18.9 Å². The van der Waals surface area contributed by atoms with E-state index in [1.54, 1.807) is 18.9 Å². The molecule has 0 bridgehead atoms. The molecule has 0 radical (unpaired) electrons. The first kappa shape index (κ1) is 16.3. The number of rotatable bonds is 4. The van der Waals surface area contributed by atoms with Gasteiger partial charge in [-0.1, -0.05) is 18.2 Å². The lowest BCUT2D eigenvalue weighted by Crippen LogP contribution is -2.50. The van der Waals surface area contributed by atoms with Crippen LogP contribution in [0.4, 0.5) is 0 Å². The van der Waals surface area contributed by atoms with Crippen LogP contribution >= 0.6 is 0 Å². The van der Waals surface area contributed by atoms with E-state index in [2.05, 4.69) is 0 Å². The summed E-state index contributed by atoms with van der Waals surface area (Å²) in [6.45, 7) is 3.00. The van der Waals surface area contributed by atoms with Gasteiger partial charge in [-0.15, -0.1) is 0 Å². The number of benzene rings is 1. The van der Waals surface area contributed by atoms with E-state index in [9.17, 15) is 9.59 Å². The second kappa shape index (κ2) is 7.29. The minimum atomic E-state index is 0.0555. The number of nitrogens with zero attached hydrogens (tertiary/aromatic N) is 2. The minimum Gasteiger partial charge on any atom is -0.496 e. The van der Waals surface area contributed by atoms with Crippen molar-refractivity contribution in [2.45, 2.75) is 32.2 Å². The fourth-order valence-corrected chi connectivity index (χ4v) is 2.90. The van der Waals surface area contributed by atoms with E-state index in [0.29, 0.717) is 13.0 Å². The predicted molar refractivity (Wildman–Crippen MR) is 84.7 cm³/mol. The van der Waals surface area contributed by atoms with Gasteiger partial charge in [-0.3, -0.25) is 9.59 Å². The number of methoxy groups -OCH3 is 1. The molecule has 1 aromatic rings. The van der Waals surface area contributed by atoms with Gasteiger partial charge in [0.2, 0.25) is 11.8 Å². The number of para-hydroxylation sites is 1. The molecule has 2 amide bonds. The number of carbonyl (C=O) groups is 2. The SMILES string of the molecule is COc1ccccc1CC(=O)N(C)C1CCCN(C(C)=O)C1. The third kappa shape index (κ3) is 3.78. The molecule has 5 nitrogen and oxygen atoms in total. The molecule has 1 heterocycles. The quantitative estimate of drug-likeness (QED) is 0.851. The fraction of sp³-hybridized carbons (Fsp3) is 0.529. The zero-order valence-corrected chi connectivity index (χ0v) is 13.5. The predicted octanol–water partition coefficient (Wildman–Crippen LogP) is 1.71. The molecular weight excluding hydrogens is 280 g/mol. The van der Waals surface area contributed by atoms with Crippen molar-refractivity contribution >= 4 is 11.8 Å². The van der Waals surface area contributed by atoms with Crippen molar-refractivity contribution in [1.82, 2.24) is 9.80 Å². The molecule has 0 aromatic heterocycles. The first-order valence-electron chi connectivity index (χ1n) is 7.66. The molecule has 0 saturated carbocycles. The molecular formula is C17H24N2O3. The van der Waals surface area contributed by atoms with Gasteiger partial charge in [0.1, 0.15) is 5.75 Å². The highest BCUT2D eigenvalue weighted by Gasteiger charge is 2.27. The van der Waals surface area contributed by atoms with Crippen LogP contribution in [-0.2, 0) is 16.0 Å². The normalized spacial score (nSPS) is 18.0. The molecule has 0 N–H and O–H groups in total. The summed E-state index contributed by atoms with van der Waals surface area (Å²) < 4.78 is 5.30. The average Bonchev–Trinajstić information content (AvgIpc) is 2.54. The van der Waals surface area contributed by atoms with Gasteiger partial charge in [-0.2, -0.15) is 0 Å². The van der Waals surface area contributed by atoms with Crippen molar-refractivity contribution in [2.24, 2.45) is 0 Å². The average molecular weight is 304 g/mol. The molecule has 120 valence electrons. The van der Waals surface area contributed by atoms with E-state index in [1.165, 1.54) is 0 Å². The Kier molecular flexibility index (Phi) is 5.41. The highest BCUT2D eigenvalue weighted by molar-refractivity contribution is 5.80. The molecule has 5 heteroatoms. The molecule has 1 aliphatic heterocycles. The van der Waals surface area contributed by atoms with Crippen LogP contribution in [0.1, 0.15) is 25.3 Å². The van der Waals surface area contributed by atoms with E-state index in [0.717, 1.165) is 30.7 Å². The smallest absolute Gasteiger partial charge is 0.227 e. The van der Waals surface area contributed by atoms with Crippen molar-refractivity contribution in [1.29, 1.82) is 0 Å². The fourth-order valence-electron chi connectivity index (χ4n) is 2.90. The summed E-state index contributed by atoms with van der Waals surface area (Å²) in [5, 5.41) is 0. The second-order valence-corrected chi connectivity index (χ2v) is 5.75. The summed E-state index contributed by atoms with van der Waals surface area (Å²) in [4.78, 5) is 27.6. The maximum Gasteiger partial charge on any atom is 0.227 e. The largest absolute Gasteiger partial charge is 0.496 e. The maximum absolute atomic E-state index is 12.5. The molecule has 1 saturated heterocycles. The highest BCUT2D eigenvalue weighted by atomic mass is 16.5. The Hall–Kier alpha value is -2.04. The first-order chi connectivity index (χ1) is 10.5. The second-order valence-electron chi connectivity index (χ2n) is 5.75. The van der Waals surface area contributed by atoms with E-state index in [-0.39, 0.29) is 17.9 Å². The van der Waals surface area contributed by atoms with Crippen molar-refractivity contribution in [3.8, 4) is 5.75 Å². The number of hydrogen-bond acceptors (Lipinski definition) is 3. The number of amides is 2. The Morgan fingerprint density at radius 1 is 1.36 bits per heavy atom. The lowest BCUT2D eigenvalue weighted by atomic mass is 10.0. The highest BCUT2D eigenvalue weighted by Crippen LogP contribution is 2.20. The van der Waals surface area contributed by atoms with Gasteiger partial charge in [0.25, 0.3) is 0 Å². The summed E-state index contributed by atoms with van der Waals surface area (Å²) in [6, 6.07) is 7.67. The van der Waals surface area contributed by atoms with E-state index in [1.807, 2.05) is 36.2 Å². The monoisotopic (exact) mass is 304 g/mol. The van der Waals surface area contributed by atoms with Gasteiger partial charge in [-0.25, -0.2) is 0 Å². The Balaban J connectivity index is 2.01. The number of likely N-dealkylation sites (N-methyl/N-ethyl adjacent to an activating group) is 1. The van der Waals surface area contributed by atoms with Gasteiger partial charge in [0.15, 0.2) is 0 Å². The Labute approximate surface area is 131 Å². The van der Waals surface area contributed by atoms with E-state index < -0.39 is 0 Å². The first-order valence-corrected chi connectivity index (χ1v) is 7.66. The third-order valence-corrected chi connectivity index (χ3v) is 4.32. The van der Waals surface area contributed by atoms with Crippen LogP contribution in [-0.4, -0.2) is 54.9 Å². The van der Waals surface area contributed by atoms with E-state index in [4.69, 9.17) is 4.74 Å². The molecule has 1 aliphatic rings. The third-order valence-electron chi connectivity index (χ3n) is 4.32. The zero-order chi connectivity index (χ0) is 16.1. The van der Waals surface area contributed by atoms with Gasteiger partial charge < -0.3 is 14.5 Å². The number of hydrogen-bond donors (Lipinski definition) is 0. The summed E-state index contributed by atoms with van der Waals surface area (Å²) in [6.07, 6.45) is 2.20. The van der Waals surface area contributed by atoms with Crippen LogP contribution in [0.3, 0.4) is 0 Å². The number of ether oxygens (including phenoxy) is 1. The van der Waals surface area contributed by atoms with Gasteiger partial charge in [0, 0.05) is 38.7 Å². The van der Waals surface area contributed by atoms with Crippen LogP contribution in [0, 0.1) is 0 Å². The Morgan fingerprint density at radius 3 is 2.77 bits per heavy atom. The van der Waals surface area contributed by atoms with E-state index >= 15 is 0 Å². The Bertz CT molecular complexity index is 544. The van der Waals surface area contributed by atoms with Crippen molar-refractivity contribution in [3.63, 3.8) is 0 Å². The van der Waals surface area contributed by atoms with Gasteiger partial charge >= 0.3 is 0 Å². The Morgan fingerprint density at radius 2 is 2.09 bits per heavy atom. The standard InChI is InChI=1S/C17H24N2O3/c1-13(20)19-10-6-8-15(12-19)18(2)17(21)11-14-7-4-5-9-16(14)22-3/h4-5,7,9,15H,6,8,10-12H2,1-3H3. The van der Waals surface area contributed by atoms with Gasteiger partial charge in [0.05, 0.1) is 13.5 Å². The van der Waals surface area contributed by atoms with Crippen LogP contribution in [0.25, 0.3) is 0 Å². The molecule has 1 fully saturated rings. The summed E-state index contributed by atoms with van der Waals surface area (Å²) in [7, 11) is 3.44. The van der Waals surface area contributed by atoms with Crippen molar-refractivity contribution in [2.75, 3.05) is 27.2 Å². The molecule has 1 atom stereocenters. The zero-order valence-electron chi connectivity index (χ0n) is 13.5. The van der Waals surface area contributed by atoms with Crippen LogP contribution in [0.2, 0.25) is 0 Å². The van der Waals surface area contributed by atoms with Crippen molar-refractivity contribution < 1.29 is 14.3 Å². The molecule has 0 aliphatic carbocycles. The van der Waals surface area contributed by atoms with Crippen LogP contribution in [0.5, 0.6) is 5.75 Å². The number of carbonyl (C=O) groups excluding carboxylic acids is 2.